The van der Waals surface area contributed by atoms with Crippen LogP contribution in [0.25, 0.3) is 0 Å². The van der Waals surface area contributed by atoms with Crippen LogP contribution in [-0.2, 0) is 0 Å². The maximum atomic E-state index is 9.87. The zero-order valence-corrected chi connectivity index (χ0v) is 30.6. The lowest BCUT2D eigenvalue weighted by atomic mass is 10.0. The minimum Gasteiger partial charge on any atom is -0.396 e. The first-order valence-corrected chi connectivity index (χ1v) is 20.1. The van der Waals surface area contributed by atoms with Crippen molar-refractivity contribution in [3.63, 3.8) is 0 Å². The van der Waals surface area contributed by atoms with Gasteiger partial charge >= 0.3 is 0 Å². The molecule has 0 spiro atoms. The van der Waals surface area contributed by atoms with Gasteiger partial charge in [0.15, 0.2) is 0 Å². The molecule has 0 bridgehead atoms. The van der Waals surface area contributed by atoms with Gasteiger partial charge in [-0.1, -0.05) is 202 Å². The fourth-order valence-corrected chi connectivity index (χ4v) is 6.03. The first kappa shape index (κ1) is 52.6. The van der Waals surface area contributed by atoms with Gasteiger partial charge in [0.2, 0.25) is 0 Å². The van der Waals surface area contributed by atoms with Crippen molar-refractivity contribution in [2.75, 3.05) is 6.61 Å². The van der Waals surface area contributed by atoms with Gasteiger partial charge in [-0.25, -0.2) is 0 Å². The first-order valence-electron chi connectivity index (χ1n) is 20.1. The molecule has 0 amide bonds. The van der Waals surface area contributed by atoms with Gasteiger partial charge in [-0.2, -0.15) is 0 Å². The molecule has 0 heterocycles. The second-order valence-corrected chi connectivity index (χ2v) is 14.0. The summed E-state index contributed by atoms with van der Waals surface area (Å²) in [5.41, 5.74) is 0. The summed E-state index contributed by atoms with van der Waals surface area (Å²) in [4.78, 5) is 0. The van der Waals surface area contributed by atoms with Crippen molar-refractivity contribution < 1.29 is 20.4 Å². The van der Waals surface area contributed by atoms with E-state index in [1.54, 1.807) is 0 Å². The van der Waals surface area contributed by atoms with E-state index >= 15 is 0 Å². The van der Waals surface area contributed by atoms with Crippen LogP contribution >= 0.6 is 0 Å². The zero-order valence-electron chi connectivity index (χ0n) is 30.6. The molecule has 0 saturated carbocycles. The van der Waals surface area contributed by atoms with Gasteiger partial charge in [-0.3, -0.25) is 0 Å². The Bertz CT molecular complexity index is 448. The molecule has 0 aromatic heterocycles. The fourth-order valence-electron chi connectivity index (χ4n) is 6.03. The van der Waals surface area contributed by atoms with Gasteiger partial charge in [0.1, 0.15) is 0 Å². The molecule has 46 heavy (non-hydrogen) atoms. The van der Waals surface area contributed by atoms with E-state index in [9.17, 15) is 10.2 Å². The lowest BCUT2D eigenvalue weighted by Crippen LogP contribution is -2.06. The van der Waals surface area contributed by atoms with Crippen LogP contribution in [0.1, 0.15) is 248 Å². The van der Waals surface area contributed by atoms with E-state index in [1.807, 2.05) is 6.92 Å². The van der Waals surface area contributed by atoms with E-state index in [0.29, 0.717) is 0 Å². The third kappa shape index (κ3) is 50.7. The lowest BCUT2D eigenvalue weighted by Gasteiger charge is -2.09. The summed E-state index contributed by atoms with van der Waals surface area (Å²) < 4.78 is 0. The molecule has 0 aliphatic rings. The van der Waals surface area contributed by atoms with E-state index in [4.69, 9.17) is 10.2 Å². The predicted octanol–water partition coefficient (Wildman–Crippen LogP) is 13.3. The molecule has 3 atom stereocenters. The lowest BCUT2D eigenvalue weighted by molar-refractivity contribution is 0.137. The molecule has 0 radical (unpaired) electrons. The Labute approximate surface area is 292 Å². The number of aliphatic hydroxyl groups excluding tert-OH is 4. The molecule has 0 saturated heterocycles. The monoisotopic (exact) mass is 661 g/mol. The van der Waals surface area contributed by atoms with Crippen molar-refractivity contribution in [3.8, 4) is 0 Å². The summed E-state index contributed by atoms with van der Waals surface area (Å²) in [5.74, 6) is 0. The van der Waals surface area contributed by atoms with Gasteiger partial charge in [0, 0.05) is 6.61 Å². The van der Waals surface area contributed by atoms with Crippen LogP contribution < -0.4 is 0 Å². The molecule has 0 rings (SSSR count). The molecule has 4 N–H and O–H groups in total. The van der Waals surface area contributed by atoms with E-state index in [1.165, 1.54) is 161 Å². The Kier molecular flexibility index (Phi) is 53.7. The Hall–Kier alpha value is -0.160. The van der Waals surface area contributed by atoms with Crippen molar-refractivity contribution in [1.82, 2.24) is 0 Å². The number of unbranched alkanes of at least 4 members (excludes halogenated alkanes) is 24. The Morgan fingerprint density at radius 2 is 0.543 bits per heavy atom. The SMILES string of the molecule is C.C.CCCCC(C)O.CCCCC(O)CCCCCCCCCCCCCCCCCCCCCCCCCC(O)CCCO. The van der Waals surface area contributed by atoms with E-state index in [-0.39, 0.29) is 39.8 Å². The van der Waals surface area contributed by atoms with Crippen LogP contribution in [0.15, 0.2) is 0 Å². The standard InChI is InChI=1S/C34H70O3.C6H14O.2CH4/c1-2-3-28-33(36)29-25-23-21-19-17-15-13-11-9-7-5-4-6-8-10-12-14-16-18-20-22-24-26-30-34(37)31-27-32-35;1-3-4-5-6(2)7;;/h33-37H,2-32H2,1H3;6-7H,3-5H2,1-2H3;2*1H4. The molecule has 4 heteroatoms. The van der Waals surface area contributed by atoms with Gasteiger partial charge in [-0.05, 0) is 45.4 Å². The molecule has 3 unspecified atom stereocenters. The van der Waals surface area contributed by atoms with Crippen LogP contribution in [0.5, 0.6) is 0 Å². The molecule has 0 aliphatic carbocycles. The summed E-state index contributed by atoms with van der Waals surface area (Å²) in [6.07, 6.45) is 41.5. The molecular formula is C42H92O4. The number of hydrogen-bond acceptors (Lipinski definition) is 4. The number of hydrogen-bond donors (Lipinski definition) is 4. The van der Waals surface area contributed by atoms with Crippen LogP contribution in [0.4, 0.5) is 0 Å². The smallest absolute Gasteiger partial charge is 0.0541 e. The summed E-state index contributed by atoms with van der Waals surface area (Å²) in [5, 5.41) is 37.1. The molecular weight excluding hydrogens is 568 g/mol. The van der Waals surface area contributed by atoms with Crippen LogP contribution in [0.3, 0.4) is 0 Å². The van der Waals surface area contributed by atoms with Crippen LogP contribution in [-0.4, -0.2) is 45.3 Å². The predicted molar refractivity (Wildman–Crippen MR) is 208 cm³/mol. The van der Waals surface area contributed by atoms with Crippen molar-refractivity contribution in [1.29, 1.82) is 0 Å². The van der Waals surface area contributed by atoms with Crippen LogP contribution in [0, 0.1) is 0 Å². The van der Waals surface area contributed by atoms with E-state index in [0.717, 1.165) is 51.4 Å². The van der Waals surface area contributed by atoms with Crippen LogP contribution in [0.2, 0.25) is 0 Å². The number of aliphatic hydroxyl groups is 4. The second-order valence-electron chi connectivity index (χ2n) is 14.0. The van der Waals surface area contributed by atoms with Gasteiger partial charge in [0.05, 0.1) is 18.3 Å². The Balaban J connectivity index is -0.000000872. The first-order chi connectivity index (χ1) is 21.5. The van der Waals surface area contributed by atoms with Crippen molar-refractivity contribution >= 4 is 0 Å². The highest BCUT2D eigenvalue weighted by Crippen LogP contribution is 2.17. The largest absolute Gasteiger partial charge is 0.396 e. The molecule has 0 aromatic rings. The van der Waals surface area contributed by atoms with Gasteiger partial charge < -0.3 is 20.4 Å². The van der Waals surface area contributed by atoms with E-state index < -0.39 is 0 Å². The minimum atomic E-state index is -0.199. The average molecular weight is 661 g/mol. The number of rotatable bonds is 35. The molecule has 4 nitrogen and oxygen atoms in total. The summed E-state index contributed by atoms with van der Waals surface area (Å²) >= 11 is 0. The maximum Gasteiger partial charge on any atom is 0.0541 e. The van der Waals surface area contributed by atoms with Gasteiger partial charge in [-0.15, -0.1) is 0 Å². The third-order valence-corrected chi connectivity index (χ3v) is 9.14. The van der Waals surface area contributed by atoms with Crippen molar-refractivity contribution in [3.05, 3.63) is 0 Å². The normalized spacial score (nSPS) is 12.8. The highest BCUT2D eigenvalue weighted by molar-refractivity contribution is 4.58. The van der Waals surface area contributed by atoms with Crippen molar-refractivity contribution in [2.24, 2.45) is 0 Å². The summed E-state index contributed by atoms with van der Waals surface area (Å²) in [6, 6.07) is 0. The highest BCUT2D eigenvalue weighted by atomic mass is 16.3. The Morgan fingerprint density at radius 1 is 0.326 bits per heavy atom. The Morgan fingerprint density at radius 3 is 0.761 bits per heavy atom. The second kappa shape index (κ2) is 47.0. The van der Waals surface area contributed by atoms with Gasteiger partial charge in [0.25, 0.3) is 0 Å². The maximum absolute atomic E-state index is 9.87. The molecule has 0 aromatic carbocycles. The minimum absolute atomic E-state index is 0. The quantitative estimate of drug-likeness (QED) is 0.0510. The topological polar surface area (TPSA) is 80.9 Å². The summed E-state index contributed by atoms with van der Waals surface area (Å²) in [6.45, 7) is 6.35. The summed E-state index contributed by atoms with van der Waals surface area (Å²) in [7, 11) is 0. The molecule has 0 aliphatic heterocycles. The molecule has 0 fully saturated rings. The highest BCUT2D eigenvalue weighted by Gasteiger charge is 2.04. The fraction of sp³-hybridized carbons (Fsp3) is 1.00. The zero-order chi connectivity index (χ0) is 32.8. The molecule has 284 valence electrons. The third-order valence-electron chi connectivity index (χ3n) is 9.14. The van der Waals surface area contributed by atoms with Crippen molar-refractivity contribution in [2.45, 2.75) is 266 Å². The van der Waals surface area contributed by atoms with E-state index in [2.05, 4.69) is 13.8 Å². The average Bonchev–Trinajstić information content (AvgIpc) is 3.01.